The van der Waals surface area contributed by atoms with Crippen LogP contribution in [0.1, 0.15) is 42.1 Å². The molecule has 0 saturated heterocycles. The summed E-state index contributed by atoms with van der Waals surface area (Å²) < 4.78 is 47.2. The number of hydrogen-bond donors (Lipinski definition) is 1. The number of hydrogen-bond acceptors (Lipinski definition) is 4. The summed E-state index contributed by atoms with van der Waals surface area (Å²) in [4.78, 5) is 16.8. The van der Waals surface area contributed by atoms with Crippen molar-refractivity contribution in [1.29, 1.82) is 0 Å². The number of carbonyl (C=O) groups is 1. The molecule has 3 aromatic rings. The van der Waals surface area contributed by atoms with E-state index in [9.17, 15) is 18.0 Å². The van der Waals surface area contributed by atoms with E-state index in [-0.39, 0.29) is 29.5 Å². The average molecular weight is 470 g/mol. The van der Waals surface area contributed by atoms with Crippen LogP contribution in [0.4, 0.5) is 13.2 Å². The normalized spacial score (nSPS) is 18.1. The quantitative estimate of drug-likeness (QED) is 0.443. The van der Waals surface area contributed by atoms with E-state index in [1.807, 2.05) is 54.6 Å². The maximum atomic E-state index is 12.7. The van der Waals surface area contributed by atoms with Crippen LogP contribution in [0.25, 0.3) is 0 Å². The minimum absolute atomic E-state index is 0.0260. The molecule has 34 heavy (non-hydrogen) atoms. The SMILES string of the molecule is C[C@@H](NC(=O)[C@@H]1C[C@H]1c1ccc(OCc2ccccc2)cc1)c1ccc(OCC(F)(F)F)cn1. The fraction of sp³-hybridized carbons (Fsp3) is 0.308. The van der Waals surface area contributed by atoms with Crippen LogP contribution < -0.4 is 14.8 Å². The summed E-state index contributed by atoms with van der Waals surface area (Å²) in [5.74, 6) is 0.769. The molecule has 0 spiro atoms. The van der Waals surface area contributed by atoms with Gasteiger partial charge in [-0.05, 0) is 54.7 Å². The topological polar surface area (TPSA) is 60.5 Å². The number of pyridine rings is 1. The summed E-state index contributed by atoms with van der Waals surface area (Å²) in [5, 5.41) is 2.94. The smallest absolute Gasteiger partial charge is 0.422 e. The van der Waals surface area contributed by atoms with Gasteiger partial charge in [0.15, 0.2) is 6.61 Å². The molecule has 1 heterocycles. The number of halogens is 3. The van der Waals surface area contributed by atoms with E-state index in [1.54, 1.807) is 13.0 Å². The summed E-state index contributed by atoms with van der Waals surface area (Å²) >= 11 is 0. The largest absolute Gasteiger partial charge is 0.489 e. The number of ether oxygens (including phenoxy) is 2. The van der Waals surface area contributed by atoms with Crippen molar-refractivity contribution in [3.63, 3.8) is 0 Å². The van der Waals surface area contributed by atoms with Crippen molar-refractivity contribution in [2.24, 2.45) is 5.92 Å². The van der Waals surface area contributed by atoms with Gasteiger partial charge in [0.2, 0.25) is 5.91 Å². The van der Waals surface area contributed by atoms with Crippen molar-refractivity contribution in [1.82, 2.24) is 10.3 Å². The van der Waals surface area contributed by atoms with Crippen LogP contribution in [0, 0.1) is 5.92 Å². The molecule has 2 aromatic carbocycles. The molecule has 1 saturated carbocycles. The van der Waals surface area contributed by atoms with Gasteiger partial charge in [0.25, 0.3) is 0 Å². The lowest BCUT2D eigenvalue weighted by Crippen LogP contribution is -2.29. The summed E-state index contributed by atoms with van der Waals surface area (Å²) in [7, 11) is 0. The number of benzene rings is 2. The molecular formula is C26H25F3N2O3. The Morgan fingerprint density at radius 1 is 1.03 bits per heavy atom. The fourth-order valence-electron chi connectivity index (χ4n) is 3.70. The van der Waals surface area contributed by atoms with E-state index in [2.05, 4.69) is 15.0 Å². The van der Waals surface area contributed by atoms with Crippen LogP contribution in [0.3, 0.4) is 0 Å². The Morgan fingerprint density at radius 3 is 2.38 bits per heavy atom. The summed E-state index contributed by atoms with van der Waals surface area (Å²) in [5.41, 5.74) is 2.73. The number of amides is 1. The van der Waals surface area contributed by atoms with E-state index in [4.69, 9.17) is 4.74 Å². The predicted octanol–water partition coefficient (Wildman–Crippen LogP) is 5.58. The van der Waals surface area contributed by atoms with Gasteiger partial charge in [-0.3, -0.25) is 9.78 Å². The highest BCUT2D eigenvalue weighted by atomic mass is 19.4. The van der Waals surface area contributed by atoms with Crippen molar-refractivity contribution in [3.8, 4) is 11.5 Å². The highest BCUT2D eigenvalue weighted by Crippen LogP contribution is 2.48. The first-order valence-corrected chi connectivity index (χ1v) is 11.0. The molecule has 5 nitrogen and oxygen atoms in total. The second kappa shape index (κ2) is 10.2. The van der Waals surface area contributed by atoms with Gasteiger partial charge < -0.3 is 14.8 Å². The maximum absolute atomic E-state index is 12.7. The van der Waals surface area contributed by atoms with Crippen molar-refractivity contribution < 1.29 is 27.4 Å². The van der Waals surface area contributed by atoms with Crippen molar-refractivity contribution in [2.75, 3.05) is 6.61 Å². The molecule has 178 valence electrons. The first kappa shape index (κ1) is 23.6. The van der Waals surface area contributed by atoms with Gasteiger partial charge in [-0.2, -0.15) is 13.2 Å². The molecule has 0 aliphatic heterocycles. The second-order valence-corrected chi connectivity index (χ2v) is 8.34. The Labute approximate surface area is 195 Å². The molecule has 0 unspecified atom stereocenters. The molecule has 1 aliphatic carbocycles. The standard InChI is InChI=1S/C26H25F3N2O3/c1-17(24-12-11-21(14-30-24)34-16-26(27,28)29)31-25(32)23-13-22(23)19-7-9-20(10-8-19)33-15-18-5-3-2-4-6-18/h2-12,14,17,22-23H,13,15-16H2,1H3,(H,31,32)/t17-,22+,23-/m1/s1. The molecule has 1 aromatic heterocycles. The summed E-state index contributed by atoms with van der Waals surface area (Å²) in [6.07, 6.45) is -2.41. The lowest BCUT2D eigenvalue weighted by atomic mass is 10.1. The number of nitrogens with one attached hydrogen (secondary N) is 1. The summed E-state index contributed by atoms with van der Waals surface area (Å²) in [6, 6.07) is 20.3. The molecule has 4 rings (SSSR count). The Hall–Kier alpha value is -3.55. The number of carbonyl (C=O) groups excluding carboxylic acids is 1. The van der Waals surface area contributed by atoms with Gasteiger partial charge >= 0.3 is 6.18 Å². The van der Waals surface area contributed by atoms with Crippen LogP contribution in [0.15, 0.2) is 72.9 Å². The van der Waals surface area contributed by atoms with Gasteiger partial charge in [0, 0.05) is 5.92 Å². The van der Waals surface area contributed by atoms with E-state index >= 15 is 0 Å². The van der Waals surface area contributed by atoms with Gasteiger partial charge in [0.05, 0.1) is 17.9 Å². The first-order chi connectivity index (χ1) is 16.3. The van der Waals surface area contributed by atoms with E-state index in [1.165, 1.54) is 12.3 Å². The minimum Gasteiger partial charge on any atom is -0.489 e. The van der Waals surface area contributed by atoms with Gasteiger partial charge in [-0.25, -0.2) is 0 Å². The highest BCUT2D eigenvalue weighted by molar-refractivity contribution is 5.83. The number of alkyl halides is 3. The number of rotatable bonds is 9. The Morgan fingerprint density at radius 2 is 1.74 bits per heavy atom. The predicted molar refractivity (Wildman–Crippen MR) is 120 cm³/mol. The van der Waals surface area contributed by atoms with Gasteiger partial charge in [-0.15, -0.1) is 0 Å². The van der Waals surface area contributed by atoms with Gasteiger partial charge in [0.1, 0.15) is 18.1 Å². The fourth-order valence-corrected chi connectivity index (χ4v) is 3.70. The Balaban J connectivity index is 1.25. The van der Waals surface area contributed by atoms with E-state index in [0.717, 1.165) is 23.3 Å². The van der Waals surface area contributed by atoms with Crippen molar-refractivity contribution in [2.45, 2.75) is 38.1 Å². The molecule has 1 fully saturated rings. The third-order valence-electron chi connectivity index (χ3n) is 5.65. The molecule has 3 atom stereocenters. The summed E-state index contributed by atoms with van der Waals surface area (Å²) in [6.45, 7) is 0.909. The third-order valence-corrected chi connectivity index (χ3v) is 5.65. The molecule has 1 N–H and O–H groups in total. The lowest BCUT2D eigenvalue weighted by molar-refractivity contribution is -0.153. The van der Waals surface area contributed by atoms with Crippen LogP contribution in [-0.2, 0) is 11.4 Å². The minimum atomic E-state index is -4.41. The first-order valence-electron chi connectivity index (χ1n) is 11.0. The lowest BCUT2D eigenvalue weighted by Gasteiger charge is -2.14. The molecule has 0 radical (unpaired) electrons. The van der Waals surface area contributed by atoms with Crippen LogP contribution in [0.2, 0.25) is 0 Å². The maximum Gasteiger partial charge on any atom is 0.422 e. The molecule has 0 bridgehead atoms. The zero-order chi connectivity index (χ0) is 24.1. The van der Waals surface area contributed by atoms with Crippen LogP contribution >= 0.6 is 0 Å². The zero-order valence-corrected chi connectivity index (χ0v) is 18.6. The molecule has 8 heteroatoms. The molecular weight excluding hydrogens is 445 g/mol. The van der Waals surface area contributed by atoms with Crippen LogP contribution in [-0.4, -0.2) is 23.7 Å². The number of aromatic nitrogens is 1. The van der Waals surface area contributed by atoms with Crippen molar-refractivity contribution in [3.05, 3.63) is 89.7 Å². The monoisotopic (exact) mass is 470 g/mol. The zero-order valence-electron chi connectivity index (χ0n) is 18.6. The van der Waals surface area contributed by atoms with Gasteiger partial charge in [-0.1, -0.05) is 42.5 Å². The Kier molecular flexibility index (Phi) is 7.05. The molecule has 1 aliphatic rings. The average Bonchev–Trinajstić information content (AvgIpc) is 3.63. The van der Waals surface area contributed by atoms with Crippen LogP contribution in [0.5, 0.6) is 11.5 Å². The third kappa shape index (κ3) is 6.50. The van der Waals surface area contributed by atoms with E-state index in [0.29, 0.717) is 12.3 Å². The van der Waals surface area contributed by atoms with Crippen molar-refractivity contribution >= 4 is 5.91 Å². The Bertz CT molecular complexity index is 1090. The van der Waals surface area contributed by atoms with E-state index < -0.39 is 12.8 Å². The highest BCUT2D eigenvalue weighted by Gasteiger charge is 2.44. The second-order valence-electron chi connectivity index (χ2n) is 8.34. The number of nitrogens with zero attached hydrogens (tertiary/aromatic N) is 1. The molecule has 1 amide bonds.